The van der Waals surface area contributed by atoms with Gasteiger partial charge >= 0.3 is 12.4 Å². The van der Waals surface area contributed by atoms with Gasteiger partial charge in [-0.2, -0.15) is 31.4 Å². The van der Waals surface area contributed by atoms with Crippen LogP contribution in [0.15, 0.2) is 52.6 Å². The first kappa shape index (κ1) is 28.7. The summed E-state index contributed by atoms with van der Waals surface area (Å²) in [5.74, 6) is -1.18. The number of fused-ring (bicyclic) bond motifs is 1. The molecule has 0 saturated heterocycles. The number of rotatable bonds is 8. The number of halogens is 7. The van der Waals surface area contributed by atoms with Crippen molar-refractivity contribution in [3.05, 3.63) is 80.6 Å². The molecule has 0 aliphatic carbocycles. The molecular weight excluding hydrogens is 549 g/mol. The van der Waals surface area contributed by atoms with Crippen LogP contribution in [0.1, 0.15) is 37.3 Å². The lowest BCUT2D eigenvalue weighted by Crippen LogP contribution is -2.28. The molecule has 212 valence electrons. The summed E-state index contributed by atoms with van der Waals surface area (Å²) >= 11 is 0. The molecule has 0 amide bonds. The summed E-state index contributed by atoms with van der Waals surface area (Å²) in [6.45, 7) is 1.91. The van der Waals surface area contributed by atoms with E-state index in [0.717, 1.165) is 12.3 Å². The topological polar surface area (TPSA) is 106 Å². The van der Waals surface area contributed by atoms with Gasteiger partial charge in [0.1, 0.15) is 11.4 Å². The van der Waals surface area contributed by atoms with Gasteiger partial charge < -0.3 is 9.88 Å². The predicted molar refractivity (Wildman–Crippen MR) is 131 cm³/mol. The highest BCUT2D eigenvalue weighted by atomic mass is 19.4. The quantitative estimate of drug-likeness (QED) is 0.275. The first-order chi connectivity index (χ1) is 18.8. The van der Waals surface area contributed by atoms with E-state index < -0.39 is 52.1 Å². The molecule has 0 unspecified atom stereocenters. The highest BCUT2D eigenvalue weighted by molar-refractivity contribution is 5.86. The molecule has 0 aliphatic rings. The molecule has 1 aromatic carbocycles. The second kappa shape index (κ2) is 11.1. The molecule has 0 saturated carbocycles. The van der Waals surface area contributed by atoms with Crippen LogP contribution in [0.5, 0.6) is 0 Å². The largest absolute Gasteiger partial charge is 0.423 e. The Bertz CT molecular complexity index is 1630. The molecule has 0 aliphatic heterocycles. The van der Waals surface area contributed by atoms with E-state index in [1.54, 1.807) is 12.0 Å². The molecule has 1 atom stereocenters. The third-order valence-electron chi connectivity index (χ3n) is 6.23. The molecule has 8 nitrogen and oxygen atoms in total. The summed E-state index contributed by atoms with van der Waals surface area (Å²) < 4.78 is 94.4. The van der Waals surface area contributed by atoms with Gasteiger partial charge in [-0.15, -0.1) is 0 Å². The van der Waals surface area contributed by atoms with Crippen LogP contribution in [0.4, 0.5) is 36.4 Å². The summed E-state index contributed by atoms with van der Waals surface area (Å²) in [7, 11) is 0. The van der Waals surface area contributed by atoms with Gasteiger partial charge in [-0.25, -0.2) is 19.5 Å². The van der Waals surface area contributed by atoms with Crippen LogP contribution in [-0.2, 0) is 18.9 Å². The van der Waals surface area contributed by atoms with Crippen molar-refractivity contribution in [3.8, 4) is 11.4 Å². The van der Waals surface area contributed by atoms with Crippen molar-refractivity contribution in [2.75, 3.05) is 5.32 Å². The fourth-order valence-electron chi connectivity index (χ4n) is 4.16. The molecule has 2 N–H and O–H groups in total. The van der Waals surface area contributed by atoms with Gasteiger partial charge in [-0.1, -0.05) is 6.92 Å². The van der Waals surface area contributed by atoms with E-state index in [9.17, 15) is 40.3 Å². The molecule has 3 heterocycles. The van der Waals surface area contributed by atoms with Crippen LogP contribution in [0, 0.1) is 5.82 Å². The number of hydrogen-bond donors (Lipinski definition) is 2. The van der Waals surface area contributed by atoms with Crippen LogP contribution in [0.2, 0.25) is 0 Å². The van der Waals surface area contributed by atoms with E-state index in [2.05, 4.69) is 20.4 Å². The maximum atomic E-state index is 14.8. The Morgan fingerprint density at radius 3 is 2.35 bits per heavy atom. The van der Waals surface area contributed by atoms with Crippen molar-refractivity contribution in [2.45, 2.75) is 51.1 Å². The SMILES string of the molecule is CC[C@@H](CCCn1ccc2cc(-c3ncc(C(F)(F)F)cn3)c(F)cc2c1=O)Nc1cn[nH]c(=O)c1C(F)(F)F. The number of H-pyrrole nitrogens is 1. The minimum atomic E-state index is -4.89. The average Bonchev–Trinajstić information content (AvgIpc) is 2.88. The number of nitrogens with zero attached hydrogens (tertiary/aromatic N) is 4. The molecule has 0 radical (unpaired) electrons. The average molecular weight is 570 g/mol. The number of aromatic amines is 1. The van der Waals surface area contributed by atoms with E-state index in [-0.39, 0.29) is 23.3 Å². The van der Waals surface area contributed by atoms with Gasteiger partial charge in [0.15, 0.2) is 5.82 Å². The van der Waals surface area contributed by atoms with Crippen molar-refractivity contribution < 1.29 is 30.7 Å². The number of pyridine rings is 1. The highest BCUT2D eigenvalue weighted by Crippen LogP contribution is 2.32. The minimum absolute atomic E-state index is 0.0187. The fourth-order valence-corrected chi connectivity index (χ4v) is 4.16. The monoisotopic (exact) mass is 570 g/mol. The maximum absolute atomic E-state index is 14.8. The number of aryl methyl sites for hydroxylation is 1. The Morgan fingerprint density at radius 1 is 1.02 bits per heavy atom. The molecule has 0 spiro atoms. The van der Waals surface area contributed by atoms with Crippen LogP contribution in [0.25, 0.3) is 22.2 Å². The Kier molecular flexibility index (Phi) is 7.93. The first-order valence-corrected chi connectivity index (χ1v) is 11.9. The zero-order valence-corrected chi connectivity index (χ0v) is 20.7. The Hall–Kier alpha value is -4.30. The van der Waals surface area contributed by atoms with Crippen molar-refractivity contribution in [1.29, 1.82) is 0 Å². The number of aromatic nitrogens is 5. The summed E-state index contributed by atoms with van der Waals surface area (Å²) in [6, 6.07) is 3.28. The van der Waals surface area contributed by atoms with Gasteiger partial charge in [-0.3, -0.25) is 9.59 Å². The lowest BCUT2D eigenvalue weighted by Gasteiger charge is -2.20. The van der Waals surface area contributed by atoms with Gasteiger partial charge in [0, 0.05) is 31.2 Å². The summed E-state index contributed by atoms with van der Waals surface area (Å²) in [4.78, 5) is 31.8. The lowest BCUT2D eigenvalue weighted by atomic mass is 10.1. The number of nitrogens with one attached hydrogen (secondary N) is 2. The third kappa shape index (κ3) is 6.13. The van der Waals surface area contributed by atoms with Crippen LogP contribution >= 0.6 is 0 Å². The Morgan fingerprint density at radius 2 is 1.73 bits per heavy atom. The molecule has 0 fully saturated rings. The highest BCUT2D eigenvalue weighted by Gasteiger charge is 2.37. The zero-order valence-electron chi connectivity index (χ0n) is 20.7. The van der Waals surface area contributed by atoms with Crippen molar-refractivity contribution in [3.63, 3.8) is 0 Å². The lowest BCUT2D eigenvalue weighted by molar-refractivity contribution is -0.139. The minimum Gasteiger partial charge on any atom is -0.380 e. The fraction of sp³-hybridized carbons (Fsp3) is 0.320. The molecular formula is C25H21F7N6O2. The van der Waals surface area contributed by atoms with Gasteiger partial charge in [0.05, 0.1) is 28.4 Å². The zero-order chi connectivity index (χ0) is 29.2. The van der Waals surface area contributed by atoms with Gasteiger partial charge in [0.2, 0.25) is 0 Å². The van der Waals surface area contributed by atoms with Crippen LogP contribution in [-0.4, -0.2) is 30.8 Å². The van der Waals surface area contributed by atoms with E-state index >= 15 is 0 Å². The smallest absolute Gasteiger partial charge is 0.380 e. The summed E-state index contributed by atoms with van der Waals surface area (Å²) in [6.07, 6.45) is -5.01. The number of alkyl halides is 6. The van der Waals surface area contributed by atoms with Gasteiger partial charge in [-0.05, 0) is 42.8 Å². The third-order valence-corrected chi connectivity index (χ3v) is 6.23. The van der Waals surface area contributed by atoms with Crippen LogP contribution in [0.3, 0.4) is 0 Å². The van der Waals surface area contributed by atoms with Gasteiger partial charge in [0.25, 0.3) is 11.1 Å². The second-order valence-electron chi connectivity index (χ2n) is 8.90. The summed E-state index contributed by atoms with van der Waals surface area (Å²) in [5, 5.41) is 8.24. The maximum Gasteiger partial charge on any atom is 0.423 e. The molecule has 3 aromatic heterocycles. The number of anilines is 1. The number of hydrogen-bond acceptors (Lipinski definition) is 6. The van der Waals surface area contributed by atoms with Crippen molar-refractivity contribution in [1.82, 2.24) is 24.7 Å². The summed E-state index contributed by atoms with van der Waals surface area (Å²) in [5.41, 5.74) is -4.99. The van der Waals surface area contributed by atoms with E-state index in [4.69, 9.17) is 0 Å². The normalized spacial score (nSPS) is 13.0. The second-order valence-corrected chi connectivity index (χ2v) is 8.90. The standard InChI is InChI=1S/C25H21F7N6O2/c1-2-15(36-19-12-35-37-22(39)20(19)25(30,31)32)4-3-6-38-7-5-13-8-17(18(26)9-16(13)23(38)40)21-33-10-14(11-34-21)24(27,28)29/h5,7-12,15H,2-4,6H2,1H3,(H2,36,37,39)/t15-/m0/s1. The number of benzene rings is 1. The first-order valence-electron chi connectivity index (χ1n) is 11.9. The molecule has 0 bridgehead atoms. The molecule has 4 rings (SSSR count). The Balaban J connectivity index is 1.49. The molecule has 4 aromatic rings. The van der Waals surface area contributed by atoms with Crippen molar-refractivity contribution in [2.24, 2.45) is 0 Å². The molecule has 40 heavy (non-hydrogen) atoms. The van der Waals surface area contributed by atoms with E-state index in [1.807, 2.05) is 0 Å². The Labute approximate surface area is 220 Å². The van der Waals surface area contributed by atoms with Crippen molar-refractivity contribution >= 4 is 16.5 Å². The molecule has 15 heteroatoms. The van der Waals surface area contributed by atoms with Crippen LogP contribution < -0.4 is 16.4 Å². The van der Waals surface area contributed by atoms with E-state index in [1.165, 1.54) is 22.9 Å². The van der Waals surface area contributed by atoms with E-state index in [0.29, 0.717) is 37.0 Å². The predicted octanol–water partition coefficient (Wildman–Crippen LogP) is 5.39.